The predicted octanol–water partition coefficient (Wildman–Crippen LogP) is 3.35. The number of amides is 1. The highest BCUT2D eigenvalue weighted by molar-refractivity contribution is 5.80. The van der Waals surface area contributed by atoms with E-state index in [2.05, 4.69) is 6.07 Å². The number of nitrogens with zero attached hydrogens (tertiary/aromatic N) is 1. The summed E-state index contributed by atoms with van der Waals surface area (Å²) >= 11 is 0. The molecule has 4 rings (SSSR count). The first-order valence-corrected chi connectivity index (χ1v) is 9.16. The van der Waals surface area contributed by atoms with Crippen LogP contribution in [0.25, 0.3) is 0 Å². The van der Waals surface area contributed by atoms with Crippen molar-refractivity contribution in [2.24, 2.45) is 0 Å². The molecule has 2 aromatic rings. The lowest BCUT2D eigenvalue weighted by Crippen LogP contribution is -2.41. The summed E-state index contributed by atoms with van der Waals surface area (Å²) < 4.78 is 17.4. The number of hydrogen-bond acceptors (Lipinski definition) is 4. The second-order valence-corrected chi connectivity index (χ2v) is 6.43. The van der Waals surface area contributed by atoms with E-state index < -0.39 is 0 Å². The predicted molar refractivity (Wildman–Crippen MR) is 98.0 cm³/mol. The molecule has 0 aliphatic carbocycles. The Morgan fingerprint density at radius 2 is 1.81 bits per heavy atom. The minimum Gasteiger partial charge on any atom is -0.490 e. The zero-order valence-corrected chi connectivity index (χ0v) is 15.2. The summed E-state index contributed by atoms with van der Waals surface area (Å²) in [5, 5.41) is 0. The van der Waals surface area contributed by atoms with E-state index >= 15 is 0 Å². The highest BCUT2D eigenvalue weighted by atomic mass is 16.5. The number of fused-ring (bicyclic) bond motifs is 5. The van der Waals surface area contributed by atoms with E-state index in [1.807, 2.05) is 49.1 Å². The second kappa shape index (κ2) is 6.90. The van der Waals surface area contributed by atoms with Gasteiger partial charge in [0.2, 0.25) is 0 Å². The van der Waals surface area contributed by atoms with Crippen LogP contribution < -0.4 is 14.2 Å². The van der Waals surface area contributed by atoms with Gasteiger partial charge in [0, 0.05) is 12.1 Å². The summed E-state index contributed by atoms with van der Waals surface area (Å²) in [5.41, 5.74) is 3.31. The van der Waals surface area contributed by atoms with Crippen LogP contribution in [0.15, 0.2) is 36.4 Å². The molecule has 1 unspecified atom stereocenters. The molecule has 0 spiro atoms. The van der Waals surface area contributed by atoms with Crippen LogP contribution in [0.3, 0.4) is 0 Å². The zero-order valence-electron chi connectivity index (χ0n) is 15.2. The second-order valence-electron chi connectivity index (χ2n) is 6.43. The number of para-hydroxylation sites is 1. The standard InChI is InChI=1S/C21H23NO4/c1-3-24-18-11-14-9-10-22-20(23)13-26-17-8-6-5-7-15(17)21(22)16(14)12-19(18)25-4-2/h5-8,11-12,21H,3-4,9-10,13H2,1-2H3. The summed E-state index contributed by atoms with van der Waals surface area (Å²) in [6.45, 7) is 5.83. The molecule has 2 aromatic carbocycles. The molecular formula is C21H23NO4. The molecule has 2 aliphatic rings. The zero-order chi connectivity index (χ0) is 18.1. The minimum atomic E-state index is -0.153. The maximum absolute atomic E-state index is 12.7. The Bertz CT molecular complexity index is 833. The molecule has 0 fully saturated rings. The van der Waals surface area contributed by atoms with Crippen LogP contribution in [0.5, 0.6) is 17.2 Å². The normalized spacial score (nSPS) is 18.2. The van der Waals surface area contributed by atoms with Crippen LogP contribution in [0.2, 0.25) is 0 Å². The summed E-state index contributed by atoms with van der Waals surface area (Å²) in [5.74, 6) is 2.29. The van der Waals surface area contributed by atoms with Crippen LogP contribution in [-0.2, 0) is 11.2 Å². The quantitative estimate of drug-likeness (QED) is 0.846. The molecule has 1 atom stereocenters. The summed E-state index contributed by atoms with van der Waals surface area (Å²) in [6.07, 6.45) is 0.798. The van der Waals surface area contributed by atoms with E-state index in [9.17, 15) is 4.79 Å². The molecule has 2 heterocycles. The van der Waals surface area contributed by atoms with Gasteiger partial charge in [-0.05, 0) is 49.6 Å². The minimum absolute atomic E-state index is 0.0173. The third kappa shape index (κ3) is 2.77. The van der Waals surface area contributed by atoms with Crippen molar-refractivity contribution in [1.29, 1.82) is 0 Å². The van der Waals surface area contributed by atoms with Gasteiger partial charge in [0.15, 0.2) is 18.1 Å². The van der Waals surface area contributed by atoms with Gasteiger partial charge in [-0.2, -0.15) is 0 Å². The molecule has 0 bridgehead atoms. The number of rotatable bonds is 4. The lowest BCUT2D eigenvalue weighted by molar-refractivity contribution is -0.134. The van der Waals surface area contributed by atoms with E-state index in [-0.39, 0.29) is 18.6 Å². The van der Waals surface area contributed by atoms with Crippen molar-refractivity contribution in [1.82, 2.24) is 4.90 Å². The monoisotopic (exact) mass is 353 g/mol. The molecule has 0 saturated heterocycles. The summed E-state index contributed by atoms with van der Waals surface area (Å²) in [4.78, 5) is 14.6. The van der Waals surface area contributed by atoms with E-state index in [1.54, 1.807) is 0 Å². The van der Waals surface area contributed by atoms with Crippen LogP contribution in [0.4, 0.5) is 0 Å². The lowest BCUT2D eigenvalue weighted by Gasteiger charge is -2.36. The van der Waals surface area contributed by atoms with Gasteiger partial charge in [-0.15, -0.1) is 0 Å². The molecular weight excluding hydrogens is 330 g/mol. The molecule has 1 amide bonds. The van der Waals surface area contributed by atoms with Gasteiger partial charge in [-0.3, -0.25) is 4.79 Å². The Hall–Kier alpha value is -2.69. The van der Waals surface area contributed by atoms with E-state index in [1.165, 1.54) is 5.56 Å². The topological polar surface area (TPSA) is 48.0 Å². The Kier molecular flexibility index (Phi) is 4.45. The average molecular weight is 353 g/mol. The van der Waals surface area contributed by atoms with Crippen LogP contribution in [-0.4, -0.2) is 37.2 Å². The first-order chi connectivity index (χ1) is 12.7. The third-order valence-corrected chi connectivity index (χ3v) is 4.92. The van der Waals surface area contributed by atoms with Crippen LogP contribution >= 0.6 is 0 Å². The average Bonchev–Trinajstić information content (AvgIpc) is 2.80. The number of benzene rings is 2. The van der Waals surface area contributed by atoms with Gasteiger partial charge >= 0.3 is 0 Å². The highest BCUT2D eigenvalue weighted by Crippen LogP contribution is 2.44. The van der Waals surface area contributed by atoms with Gasteiger partial charge in [0.25, 0.3) is 5.91 Å². The van der Waals surface area contributed by atoms with Crippen molar-refractivity contribution in [3.8, 4) is 17.2 Å². The van der Waals surface area contributed by atoms with Gasteiger partial charge < -0.3 is 19.1 Å². The first kappa shape index (κ1) is 16.8. The number of carbonyl (C=O) groups is 1. The van der Waals surface area contributed by atoms with E-state index in [0.29, 0.717) is 19.8 Å². The van der Waals surface area contributed by atoms with Crippen molar-refractivity contribution in [2.75, 3.05) is 26.4 Å². The molecule has 136 valence electrons. The Balaban J connectivity index is 1.88. The van der Waals surface area contributed by atoms with Crippen molar-refractivity contribution < 1.29 is 19.0 Å². The molecule has 0 N–H and O–H groups in total. The fourth-order valence-electron chi connectivity index (χ4n) is 3.83. The number of hydrogen-bond donors (Lipinski definition) is 0. The van der Waals surface area contributed by atoms with Crippen molar-refractivity contribution in [2.45, 2.75) is 26.3 Å². The number of carbonyl (C=O) groups excluding carboxylic acids is 1. The van der Waals surface area contributed by atoms with Gasteiger partial charge in [0.1, 0.15) is 5.75 Å². The lowest BCUT2D eigenvalue weighted by atomic mass is 9.87. The smallest absolute Gasteiger partial charge is 0.261 e. The van der Waals surface area contributed by atoms with Gasteiger partial charge in [0.05, 0.1) is 19.3 Å². The Labute approximate surface area is 153 Å². The Morgan fingerprint density at radius 3 is 2.58 bits per heavy atom. The van der Waals surface area contributed by atoms with Crippen molar-refractivity contribution in [3.05, 3.63) is 53.1 Å². The van der Waals surface area contributed by atoms with Crippen molar-refractivity contribution >= 4 is 5.91 Å². The van der Waals surface area contributed by atoms with Gasteiger partial charge in [-0.1, -0.05) is 18.2 Å². The maximum Gasteiger partial charge on any atom is 0.261 e. The van der Waals surface area contributed by atoms with Crippen molar-refractivity contribution in [3.63, 3.8) is 0 Å². The van der Waals surface area contributed by atoms with E-state index in [0.717, 1.165) is 34.8 Å². The molecule has 0 radical (unpaired) electrons. The molecule has 2 aliphatic heterocycles. The highest BCUT2D eigenvalue weighted by Gasteiger charge is 2.37. The SMILES string of the molecule is CCOc1cc2c(cc1OCC)C1c3ccccc3OCC(=O)N1CC2. The molecule has 26 heavy (non-hydrogen) atoms. The summed E-state index contributed by atoms with van der Waals surface area (Å²) in [6, 6.07) is 11.8. The van der Waals surface area contributed by atoms with E-state index in [4.69, 9.17) is 14.2 Å². The number of ether oxygens (including phenoxy) is 3. The fraction of sp³-hybridized carbons (Fsp3) is 0.381. The fourth-order valence-corrected chi connectivity index (χ4v) is 3.83. The molecule has 5 nitrogen and oxygen atoms in total. The van der Waals surface area contributed by atoms with Crippen LogP contribution in [0.1, 0.15) is 36.6 Å². The summed E-state index contributed by atoms with van der Waals surface area (Å²) in [7, 11) is 0. The molecule has 0 aromatic heterocycles. The largest absolute Gasteiger partial charge is 0.490 e. The van der Waals surface area contributed by atoms with Gasteiger partial charge in [-0.25, -0.2) is 0 Å². The molecule has 0 saturated carbocycles. The first-order valence-electron chi connectivity index (χ1n) is 9.16. The Morgan fingerprint density at radius 1 is 1.08 bits per heavy atom. The maximum atomic E-state index is 12.7. The third-order valence-electron chi connectivity index (χ3n) is 4.92. The van der Waals surface area contributed by atoms with Crippen LogP contribution in [0, 0.1) is 0 Å². The molecule has 5 heteroatoms.